The second kappa shape index (κ2) is 6.16. The Labute approximate surface area is 129 Å². The lowest BCUT2D eigenvalue weighted by Gasteiger charge is -2.22. The third kappa shape index (κ3) is 3.44. The van der Waals surface area contributed by atoms with Crippen molar-refractivity contribution in [3.63, 3.8) is 0 Å². The molecule has 1 heterocycles. The first-order valence-corrected chi connectivity index (χ1v) is 7.90. The van der Waals surface area contributed by atoms with Crippen molar-refractivity contribution in [3.05, 3.63) is 46.6 Å². The van der Waals surface area contributed by atoms with Gasteiger partial charge in [0.05, 0.1) is 5.54 Å². The fourth-order valence-electron chi connectivity index (χ4n) is 2.89. The molecule has 3 rings (SSSR count). The van der Waals surface area contributed by atoms with Crippen LogP contribution >= 0.6 is 11.6 Å². The molecule has 0 unspecified atom stereocenters. The summed E-state index contributed by atoms with van der Waals surface area (Å²) in [5.74, 6) is 1.27. The van der Waals surface area contributed by atoms with Crippen molar-refractivity contribution in [2.45, 2.75) is 50.5 Å². The summed E-state index contributed by atoms with van der Waals surface area (Å²) in [7, 11) is 0. The van der Waals surface area contributed by atoms with Gasteiger partial charge in [-0.15, -0.1) is 0 Å². The van der Waals surface area contributed by atoms with Gasteiger partial charge in [0.25, 0.3) is 0 Å². The number of rotatable bonds is 3. The van der Waals surface area contributed by atoms with Crippen molar-refractivity contribution < 1.29 is 4.52 Å². The molecular formula is C16H20ClN3O. The summed E-state index contributed by atoms with van der Waals surface area (Å²) < 4.78 is 5.45. The number of hydrogen-bond donors (Lipinski definition) is 1. The molecule has 0 atom stereocenters. The third-order valence-corrected chi connectivity index (χ3v) is 4.42. The number of nitrogens with two attached hydrogens (primary N) is 1. The average molecular weight is 306 g/mol. The van der Waals surface area contributed by atoms with Crippen LogP contribution in [-0.4, -0.2) is 10.1 Å². The molecule has 1 aliphatic carbocycles. The number of hydrogen-bond acceptors (Lipinski definition) is 4. The van der Waals surface area contributed by atoms with Gasteiger partial charge in [0.1, 0.15) is 0 Å². The first-order valence-electron chi connectivity index (χ1n) is 7.52. The molecule has 0 spiro atoms. The van der Waals surface area contributed by atoms with E-state index < -0.39 is 5.54 Å². The fourth-order valence-corrected chi connectivity index (χ4v) is 3.01. The Morgan fingerprint density at radius 1 is 1.10 bits per heavy atom. The van der Waals surface area contributed by atoms with Gasteiger partial charge in [-0.3, -0.25) is 0 Å². The molecule has 0 bridgehead atoms. The van der Waals surface area contributed by atoms with Gasteiger partial charge in [-0.2, -0.15) is 4.98 Å². The molecule has 4 nitrogen and oxygen atoms in total. The Morgan fingerprint density at radius 2 is 1.76 bits per heavy atom. The highest BCUT2D eigenvalue weighted by atomic mass is 35.5. The second-order valence-electron chi connectivity index (χ2n) is 5.89. The topological polar surface area (TPSA) is 64.9 Å². The normalized spacial score (nSPS) is 18.4. The van der Waals surface area contributed by atoms with E-state index in [2.05, 4.69) is 10.1 Å². The standard InChI is InChI=1S/C16H20ClN3O/c17-13-7-5-12(6-8-13)11-14-19-15(21-20-14)16(18)9-3-1-2-4-10-16/h5-8H,1-4,9-11,18H2. The summed E-state index contributed by atoms with van der Waals surface area (Å²) >= 11 is 5.89. The minimum absolute atomic E-state index is 0.443. The van der Waals surface area contributed by atoms with E-state index in [0.29, 0.717) is 18.1 Å². The molecule has 5 heteroatoms. The molecule has 0 aliphatic heterocycles. The highest BCUT2D eigenvalue weighted by Crippen LogP contribution is 2.32. The minimum Gasteiger partial charge on any atom is -0.337 e. The van der Waals surface area contributed by atoms with Crippen molar-refractivity contribution in [2.24, 2.45) is 5.73 Å². The van der Waals surface area contributed by atoms with Crippen LogP contribution in [0.25, 0.3) is 0 Å². The molecule has 112 valence electrons. The maximum atomic E-state index is 6.49. The Morgan fingerprint density at radius 3 is 2.43 bits per heavy atom. The molecule has 0 saturated heterocycles. The van der Waals surface area contributed by atoms with E-state index in [9.17, 15) is 0 Å². The molecule has 1 fully saturated rings. The maximum absolute atomic E-state index is 6.49. The largest absolute Gasteiger partial charge is 0.337 e. The average Bonchev–Trinajstić information content (AvgIpc) is 2.84. The summed E-state index contributed by atoms with van der Waals surface area (Å²) in [6, 6.07) is 7.69. The summed E-state index contributed by atoms with van der Waals surface area (Å²) in [6.45, 7) is 0. The number of nitrogens with zero attached hydrogens (tertiary/aromatic N) is 2. The third-order valence-electron chi connectivity index (χ3n) is 4.17. The van der Waals surface area contributed by atoms with Crippen LogP contribution in [0.3, 0.4) is 0 Å². The molecule has 1 aromatic heterocycles. The first-order chi connectivity index (χ1) is 10.2. The van der Waals surface area contributed by atoms with Gasteiger partial charge in [0.2, 0.25) is 5.89 Å². The second-order valence-corrected chi connectivity index (χ2v) is 6.33. The lowest BCUT2D eigenvalue weighted by molar-refractivity contribution is 0.256. The Hall–Kier alpha value is -1.39. The van der Waals surface area contributed by atoms with Gasteiger partial charge in [0.15, 0.2) is 5.82 Å². The van der Waals surface area contributed by atoms with Crippen LogP contribution in [0.1, 0.15) is 55.8 Å². The lowest BCUT2D eigenvalue weighted by atomic mass is 9.91. The number of halogens is 1. The van der Waals surface area contributed by atoms with Crippen LogP contribution < -0.4 is 5.73 Å². The molecule has 1 aromatic carbocycles. The Bertz CT molecular complexity index is 586. The predicted molar refractivity (Wildman–Crippen MR) is 82.1 cm³/mol. The van der Waals surface area contributed by atoms with E-state index in [1.807, 2.05) is 24.3 Å². The number of aromatic nitrogens is 2. The Balaban J connectivity index is 1.74. The zero-order valence-corrected chi connectivity index (χ0v) is 12.8. The lowest BCUT2D eigenvalue weighted by Crippen LogP contribution is -2.36. The highest BCUT2D eigenvalue weighted by molar-refractivity contribution is 6.30. The molecule has 2 aromatic rings. The van der Waals surface area contributed by atoms with Gasteiger partial charge < -0.3 is 10.3 Å². The summed E-state index contributed by atoms with van der Waals surface area (Å²) in [4.78, 5) is 4.53. The van der Waals surface area contributed by atoms with Crippen molar-refractivity contribution in [2.75, 3.05) is 0 Å². The molecule has 2 N–H and O–H groups in total. The Kier molecular flexibility index (Phi) is 4.27. The van der Waals surface area contributed by atoms with Crippen molar-refractivity contribution >= 4 is 11.6 Å². The van der Waals surface area contributed by atoms with E-state index in [0.717, 1.165) is 36.3 Å². The van der Waals surface area contributed by atoms with E-state index in [1.54, 1.807) is 0 Å². The molecule has 21 heavy (non-hydrogen) atoms. The summed E-state index contributed by atoms with van der Waals surface area (Å²) in [5.41, 5.74) is 7.16. The predicted octanol–water partition coefficient (Wildman–Crippen LogP) is 3.82. The van der Waals surface area contributed by atoms with Crippen LogP contribution in [0.15, 0.2) is 28.8 Å². The number of benzene rings is 1. The molecule has 0 amide bonds. The van der Waals surface area contributed by atoms with E-state index >= 15 is 0 Å². The first kappa shape index (κ1) is 14.5. The smallest absolute Gasteiger partial charge is 0.246 e. The summed E-state index contributed by atoms with van der Waals surface area (Å²) in [6.07, 6.45) is 7.23. The van der Waals surface area contributed by atoms with Gasteiger partial charge in [-0.1, -0.05) is 54.6 Å². The quantitative estimate of drug-likeness (QED) is 0.875. The van der Waals surface area contributed by atoms with Crippen molar-refractivity contribution in [1.82, 2.24) is 10.1 Å². The van der Waals surface area contributed by atoms with Crippen LogP contribution in [0.4, 0.5) is 0 Å². The molecular weight excluding hydrogens is 286 g/mol. The monoisotopic (exact) mass is 305 g/mol. The van der Waals surface area contributed by atoms with Gasteiger partial charge in [0, 0.05) is 11.4 Å². The zero-order valence-electron chi connectivity index (χ0n) is 12.0. The summed E-state index contributed by atoms with van der Waals surface area (Å²) in [5, 5.41) is 4.81. The van der Waals surface area contributed by atoms with Crippen molar-refractivity contribution in [3.8, 4) is 0 Å². The molecule has 0 radical (unpaired) electrons. The van der Waals surface area contributed by atoms with Crippen LogP contribution in [0, 0.1) is 0 Å². The minimum atomic E-state index is -0.443. The van der Waals surface area contributed by atoms with E-state index in [-0.39, 0.29) is 0 Å². The van der Waals surface area contributed by atoms with Crippen LogP contribution in [0.2, 0.25) is 5.02 Å². The fraction of sp³-hybridized carbons (Fsp3) is 0.500. The SMILES string of the molecule is NC1(c2nc(Cc3ccc(Cl)cc3)no2)CCCCCC1. The van der Waals surface area contributed by atoms with Crippen molar-refractivity contribution in [1.29, 1.82) is 0 Å². The molecule has 1 saturated carbocycles. The van der Waals surface area contributed by atoms with E-state index in [4.69, 9.17) is 21.9 Å². The van der Waals surface area contributed by atoms with E-state index in [1.165, 1.54) is 12.8 Å². The van der Waals surface area contributed by atoms with Gasteiger partial charge >= 0.3 is 0 Å². The molecule has 1 aliphatic rings. The van der Waals surface area contributed by atoms with Gasteiger partial charge in [-0.05, 0) is 30.5 Å². The zero-order chi connectivity index (χ0) is 14.7. The van der Waals surface area contributed by atoms with Gasteiger partial charge in [-0.25, -0.2) is 0 Å². The maximum Gasteiger partial charge on any atom is 0.246 e. The highest BCUT2D eigenvalue weighted by Gasteiger charge is 2.34. The van der Waals surface area contributed by atoms with Crippen LogP contribution in [0.5, 0.6) is 0 Å². The van der Waals surface area contributed by atoms with Crippen LogP contribution in [-0.2, 0) is 12.0 Å².